The Morgan fingerprint density at radius 1 is 0.365 bits per heavy atom. The number of nitrogens with zero attached hydrogens (tertiary/aromatic N) is 4. The second-order valence-corrected chi connectivity index (χ2v) is 11.7. The van der Waals surface area contributed by atoms with E-state index in [2.05, 4.69) is 0 Å². The van der Waals surface area contributed by atoms with Crippen LogP contribution in [-0.2, 0) is 24.7 Å². The van der Waals surface area contributed by atoms with E-state index < -0.39 is 47.0 Å². The molecule has 2 aromatic heterocycles. The minimum Gasteiger partial charge on any atom is -0.306 e. The summed E-state index contributed by atoms with van der Waals surface area (Å²) in [5, 5.41) is 19.3. The fourth-order valence-electron chi connectivity index (χ4n) is 6.45. The van der Waals surface area contributed by atoms with Crippen molar-refractivity contribution in [2.24, 2.45) is 0 Å². The molecule has 262 valence electrons. The third-order valence-corrected chi connectivity index (χ3v) is 8.68. The van der Waals surface area contributed by atoms with Crippen molar-refractivity contribution in [1.82, 2.24) is 9.13 Å². The molecule has 7 aromatic rings. The monoisotopic (exact) mass is 730 g/mol. The van der Waals surface area contributed by atoms with Gasteiger partial charge in [0.2, 0.25) is 0 Å². The molecule has 0 amide bonds. The highest BCUT2D eigenvalue weighted by molar-refractivity contribution is 6.12. The molecule has 2 heterocycles. The summed E-state index contributed by atoms with van der Waals surface area (Å²) < 4.78 is 169. The highest BCUT2D eigenvalue weighted by Crippen LogP contribution is 2.45. The number of benzene rings is 5. The molecule has 0 atom stereocenters. The number of alkyl halides is 12. The van der Waals surface area contributed by atoms with E-state index in [9.17, 15) is 63.2 Å². The van der Waals surface area contributed by atoms with E-state index in [1.54, 1.807) is 0 Å². The lowest BCUT2D eigenvalue weighted by Gasteiger charge is -2.20. The Morgan fingerprint density at radius 2 is 0.596 bits per heavy atom. The number of nitriles is 2. The van der Waals surface area contributed by atoms with Gasteiger partial charge < -0.3 is 9.13 Å². The maximum absolute atomic E-state index is 13.9. The molecular weight excluding hydrogens is 716 g/mol. The van der Waals surface area contributed by atoms with Crippen LogP contribution in [0.2, 0.25) is 0 Å². The van der Waals surface area contributed by atoms with Crippen LogP contribution in [0.3, 0.4) is 0 Å². The highest BCUT2D eigenvalue weighted by atomic mass is 19.4. The van der Waals surface area contributed by atoms with Gasteiger partial charge in [0.1, 0.15) is 12.1 Å². The smallest absolute Gasteiger partial charge is 0.306 e. The highest BCUT2D eigenvalue weighted by Gasteiger charge is 2.36. The summed E-state index contributed by atoms with van der Waals surface area (Å²) in [4.78, 5) is 0. The number of hydrogen-bond donors (Lipinski definition) is 0. The van der Waals surface area contributed by atoms with E-state index in [0.29, 0.717) is 48.5 Å². The zero-order valence-electron chi connectivity index (χ0n) is 25.4. The summed E-state index contributed by atoms with van der Waals surface area (Å²) in [7, 11) is 0. The van der Waals surface area contributed by atoms with Crippen molar-refractivity contribution in [3.8, 4) is 23.5 Å². The second kappa shape index (κ2) is 11.2. The van der Waals surface area contributed by atoms with Crippen LogP contribution in [0.4, 0.5) is 52.7 Å². The number of aromatic nitrogens is 2. The molecule has 0 fully saturated rings. The van der Waals surface area contributed by atoms with E-state index >= 15 is 0 Å². The Hall–Kier alpha value is -6.16. The first-order valence-corrected chi connectivity index (χ1v) is 14.7. The van der Waals surface area contributed by atoms with Crippen molar-refractivity contribution >= 4 is 43.6 Å². The van der Waals surface area contributed by atoms with Gasteiger partial charge >= 0.3 is 24.7 Å². The van der Waals surface area contributed by atoms with Gasteiger partial charge in [0.05, 0.1) is 66.8 Å². The van der Waals surface area contributed by atoms with Crippen LogP contribution in [0.5, 0.6) is 0 Å². The molecule has 0 N–H and O–H groups in total. The van der Waals surface area contributed by atoms with Gasteiger partial charge in [-0.3, -0.25) is 0 Å². The Kier molecular flexibility index (Phi) is 7.37. The molecule has 7 rings (SSSR count). The molecule has 0 aliphatic carbocycles. The molecular formula is C36H14F12N4. The number of halogens is 12. The number of rotatable bonds is 2. The van der Waals surface area contributed by atoms with Crippen molar-refractivity contribution in [3.05, 3.63) is 118 Å². The van der Waals surface area contributed by atoms with E-state index in [4.69, 9.17) is 0 Å². The average molecular weight is 731 g/mol. The van der Waals surface area contributed by atoms with Crippen molar-refractivity contribution in [2.75, 3.05) is 0 Å². The first kappa shape index (κ1) is 34.3. The molecule has 16 heteroatoms. The van der Waals surface area contributed by atoms with Crippen LogP contribution in [0.15, 0.2) is 84.9 Å². The van der Waals surface area contributed by atoms with Crippen LogP contribution in [0.1, 0.15) is 33.4 Å². The van der Waals surface area contributed by atoms with Crippen LogP contribution >= 0.6 is 0 Å². The zero-order valence-corrected chi connectivity index (χ0v) is 25.4. The number of fused-ring (bicyclic) bond motifs is 6. The summed E-state index contributed by atoms with van der Waals surface area (Å²) in [5.74, 6) is 0. The minimum absolute atomic E-state index is 0.158. The first-order valence-electron chi connectivity index (χ1n) is 14.7. The molecule has 0 radical (unpaired) electrons. The van der Waals surface area contributed by atoms with Gasteiger partial charge in [-0.2, -0.15) is 63.2 Å². The summed E-state index contributed by atoms with van der Waals surface area (Å²) in [6, 6.07) is 15.0. The van der Waals surface area contributed by atoms with Crippen molar-refractivity contribution in [3.63, 3.8) is 0 Å². The normalized spacial score (nSPS) is 13.0. The minimum atomic E-state index is -4.93. The molecule has 0 aliphatic rings. The fraction of sp³-hybridized carbons (Fsp3) is 0.111. The topological polar surface area (TPSA) is 57.4 Å². The van der Waals surface area contributed by atoms with Gasteiger partial charge in [-0.25, -0.2) is 0 Å². The lowest BCUT2D eigenvalue weighted by atomic mass is 10.1. The lowest BCUT2D eigenvalue weighted by molar-refractivity contribution is -0.138. The molecule has 5 aromatic carbocycles. The van der Waals surface area contributed by atoms with Crippen molar-refractivity contribution in [2.45, 2.75) is 24.7 Å². The standard InChI is InChI=1S/C36H14F12N4/c37-33(38,39)19-3-7-27-23(11-19)24-12-20(34(40,41)42)4-8-28(24)51(27)31-17(15-49)1-2-18(16-50)32(31)52-29-9-5-21(35(43,44)45)13-25(29)26-14-22(36(46,47)48)6-10-30(26)52/h1-14H. The largest absolute Gasteiger partial charge is 0.416 e. The fourth-order valence-corrected chi connectivity index (χ4v) is 6.45. The molecule has 0 unspecified atom stereocenters. The molecule has 0 saturated carbocycles. The maximum Gasteiger partial charge on any atom is 0.416 e. The van der Waals surface area contributed by atoms with Gasteiger partial charge in [0.25, 0.3) is 0 Å². The summed E-state index contributed by atoms with van der Waals surface area (Å²) in [5.41, 5.74) is -6.66. The van der Waals surface area contributed by atoms with Crippen LogP contribution in [0.25, 0.3) is 55.0 Å². The quantitative estimate of drug-likeness (QED) is 0.166. The van der Waals surface area contributed by atoms with Crippen LogP contribution < -0.4 is 0 Å². The van der Waals surface area contributed by atoms with Gasteiger partial charge in [0.15, 0.2) is 0 Å². The van der Waals surface area contributed by atoms with Gasteiger partial charge in [-0.05, 0) is 84.9 Å². The van der Waals surface area contributed by atoms with E-state index in [1.165, 1.54) is 0 Å². The molecule has 0 saturated heterocycles. The van der Waals surface area contributed by atoms with Gasteiger partial charge in [-0.1, -0.05) is 0 Å². The molecule has 0 aliphatic heterocycles. The zero-order chi connectivity index (χ0) is 37.7. The Bertz CT molecular complexity index is 2380. The molecule has 0 bridgehead atoms. The first-order chi connectivity index (χ1) is 24.2. The summed E-state index contributed by atoms with van der Waals surface area (Å²) in [6.07, 6.45) is -19.7. The van der Waals surface area contributed by atoms with Gasteiger partial charge in [0, 0.05) is 21.5 Å². The van der Waals surface area contributed by atoms with Gasteiger partial charge in [-0.15, -0.1) is 0 Å². The second-order valence-electron chi connectivity index (χ2n) is 11.7. The maximum atomic E-state index is 13.9. The Balaban J connectivity index is 1.70. The van der Waals surface area contributed by atoms with E-state index in [-0.39, 0.29) is 66.1 Å². The van der Waals surface area contributed by atoms with Crippen LogP contribution in [-0.4, -0.2) is 9.13 Å². The molecule has 52 heavy (non-hydrogen) atoms. The predicted octanol–water partition coefficient (Wildman–Crippen LogP) is 11.7. The summed E-state index contributed by atoms with van der Waals surface area (Å²) in [6.45, 7) is 0. The number of hydrogen-bond acceptors (Lipinski definition) is 2. The van der Waals surface area contributed by atoms with E-state index in [1.807, 2.05) is 12.1 Å². The molecule has 4 nitrogen and oxygen atoms in total. The van der Waals surface area contributed by atoms with E-state index in [0.717, 1.165) is 45.5 Å². The van der Waals surface area contributed by atoms with Crippen molar-refractivity contribution < 1.29 is 52.7 Å². The average Bonchev–Trinajstić information content (AvgIpc) is 3.57. The summed E-state index contributed by atoms with van der Waals surface area (Å²) >= 11 is 0. The predicted molar refractivity (Wildman–Crippen MR) is 165 cm³/mol. The third kappa shape index (κ3) is 5.33. The van der Waals surface area contributed by atoms with Crippen LogP contribution in [0, 0.1) is 22.7 Å². The van der Waals surface area contributed by atoms with Crippen molar-refractivity contribution in [1.29, 1.82) is 10.5 Å². The SMILES string of the molecule is N#Cc1ccc(C#N)c(-n2c3ccc(C(F)(F)F)cc3c3cc(C(F)(F)F)ccc32)c1-n1c2ccc(C(F)(F)F)cc2c2cc(C(F)(F)F)ccc21. The third-order valence-electron chi connectivity index (χ3n) is 8.68. The Labute approximate surface area is 282 Å². The Morgan fingerprint density at radius 3 is 0.788 bits per heavy atom. The lowest BCUT2D eigenvalue weighted by Crippen LogP contribution is -2.09. The molecule has 0 spiro atoms.